The number of nitrogens with one attached hydrogen (secondary N) is 1. The quantitative estimate of drug-likeness (QED) is 0.692. The fourth-order valence-electron chi connectivity index (χ4n) is 1.57. The molecule has 0 aliphatic carbocycles. The lowest BCUT2D eigenvalue weighted by Crippen LogP contribution is -2.01. The molecule has 6 heteroatoms. The molecule has 3 rings (SSSR count). The highest BCUT2D eigenvalue weighted by molar-refractivity contribution is 6.30. The number of rotatable bonds is 3. The van der Waals surface area contributed by atoms with Gasteiger partial charge in [-0.05, 0) is 24.3 Å². The molecule has 4 nitrogen and oxygen atoms in total. The van der Waals surface area contributed by atoms with E-state index in [1.165, 1.54) is 0 Å². The Morgan fingerprint density at radius 1 is 1.06 bits per heavy atom. The number of aromatic nitrogens is 2. The zero-order valence-electron chi connectivity index (χ0n) is 9.40. The van der Waals surface area contributed by atoms with Gasteiger partial charge in [0.15, 0.2) is 0 Å². The monoisotopic (exact) mass is 280 g/mol. The molecule has 1 aliphatic rings. The summed E-state index contributed by atoms with van der Waals surface area (Å²) in [5.74, 6) is 1.35. The Balaban J connectivity index is 1.85. The van der Waals surface area contributed by atoms with Gasteiger partial charge in [0.2, 0.25) is 5.95 Å². The minimum atomic E-state index is 0.434. The van der Waals surface area contributed by atoms with Crippen LogP contribution in [0, 0.1) is 0 Å². The number of hydrogen-bond acceptors (Lipinski definition) is 4. The van der Waals surface area contributed by atoms with E-state index in [9.17, 15) is 0 Å². The fourth-order valence-corrected chi connectivity index (χ4v) is 1.87. The van der Waals surface area contributed by atoms with Crippen molar-refractivity contribution in [2.24, 2.45) is 0 Å². The molecule has 1 aliphatic heterocycles. The summed E-state index contributed by atoms with van der Waals surface area (Å²) in [6.45, 7) is 2.04. The van der Waals surface area contributed by atoms with E-state index in [4.69, 9.17) is 23.2 Å². The van der Waals surface area contributed by atoms with E-state index < -0.39 is 0 Å². The minimum Gasteiger partial charge on any atom is -0.353 e. The van der Waals surface area contributed by atoms with Gasteiger partial charge in [-0.3, -0.25) is 0 Å². The van der Waals surface area contributed by atoms with Crippen molar-refractivity contribution in [2.75, 3.05) is 23.3 Å². The first-order valence-corrected chi connectivity index (χ1v) is 6.28. The molecule has 0 atom stereocenters. The van der Waals surface area contributed by atoms with Crippen LogP contribution in [0.25, 0.3) is 0 Å². The lowest BCUT2D eigenvalue weighted by molar-refractivity contribution is 1.13. The van der Waals surface area contributed by atoms with Crippen LogP contribution in [-0.2, 0) is 0 Å². The van der Waals surface area contributed by atoms with Gasteiger partial charge in [0.05, 0.1) is 0 Å². The van der Waals surface area contributed by atoms with E-state index in [2.05, 4.69) is 20.2 Å². The third kappa shape index (κ3) is 2.66. The summed E-state index contributed by atoms with van der Waals surface area (Å²) < 4.78 is 0. The smallest absolute Gasteiger partial charge is 0.230 e. The van der Waals surface area contributed by atoms with Gasteiger partial charge < -0.3 is 10.2 Å². The maximum atomic E-state index is 5.97. The molecule has 2 aromatic rings. The van der Waals surface area contributed by atoms with Crippen molar-refractivity contribution in [1.29, 1.82) is 0 Å². The summed E-state index contributed by atoms with van der Waals surface area (Å²) in [5.41, 5.74) is 0.874. The van der Waals surface area contributed by atoms with E-state index in [-0.39, 0.29) is 0 Å². The molecule has 18 heavy (non-hydrogen) atoms. The second-order valence-corrected chi connectivity index (χ2v) is 4.82. The molecule has 1 saturated heterocycles. The predicted molar refractivity (Wildman–Crippen MR) is 74.0 cm³/mol. The van der Waals surface area contributed by atoms with Crippen LogP contribution in [0.5, 0.6) is 0 Å². The summed E-state index contributed by atoms with van der Waals surface area (Å²) >= 11 is 11.8. The van der Waals surface area contributed by atoms with Gasteiger partial charge in [0.1, 0.15) is 11.0 Å². The predicted octanol–water partition coefficient (Wildman–Crippen LogP) is 3.35. The maximum absolute atomic E-state index is 5.97. The Morgan fingerprint density at radius 3 is 2.44 bits per heavy atom. The average molecular weight is 281 g/mol. The van der Waals surface area contributed by atoms with Crippen LogP contribution in [0.1, 0.15) is 0 Å². The highest BCUT2D eigenvalue weighted by atomic mass is 35.5. The van der Waals surface area contributed by atoms with Gasteiger partial charge in [-0.1, -0.05) is 23.2 Å². The van der Waals surface area contributed by atoms with Crippen molar-refractivity contribution in [1.82, 2.24) is 9.97 Å². The minimum absolute atomic E-state index is 0.434. The van der Waals surface area contributed by atoms with Crippen LogP contribution >= 0.6 is 23.2 Å². The Labute approximate surface area is 115 Å². The van der Waals surface area contributed by atoms with Gasteiger partial charge in [0, 0.05) is 29.9 Å². The van der Waals surface area contributed by atoms with Crippen molar-refractivity contribution in [3.63, 3.8) is 0 Å². The number of halogens is 2. The van der Waals surface area contributed by atoms with Gasteiger partial charge in [0.25, 0.3) is 0 Å². The molecule has 0 unspecified atom stereocenters. The van der Waals surface area contributed by atoms with E-state index >= 15 is 0 Å². The number of benzene rings is 1. The zero-order valence-corrected chi connectivity index (χ0v) is 10.9. The van der Waals surface area contributed by atoms with Gasteiger partial charge >= 0.3 is 0 Å². The van der Waals surface area contributed by atoms with Crippen LogP contribution in [0.4, 0.5) is 17.5 Å². The first kappa shape index (κ1) is 11.6. The molecule has 1 fully saturated rings. The molecule has 1 aromatic carbocycles. The van der Waals surface area contributed by atoms with Crippen LogP contribution in [-0.4, -0.2) is 23.1 Å². The van der Waals surface area contributed by atoms with Gasteiger partial charge in [-0.25, -0.2) is 4.98 Å². The number of anilines is 3. The van der Waals surface area contributed by atoms with E-state index in [1.807, 2.05) is 12.1 Å². The van der Waals surface area contributed by atoms with E-state index in [0.29, 0.717) is 16.1 Å². The molecule has 0 saturated carbocycles. The Hall–Kier alpha value is -1.52. The second-order valence-electron chi connectivity index (χ2n) is 3.99. The summed E-state index contributed by atoms with van der Waals surface area (Å²) in [6, 6.07) is 9.11. The Kier molecular flexibility index (Phi) is 2.97. The standard InChI is InChI=1S/C12H10Cl2N4/c13-8-1-3-9(4-2-8)15-12-16-10(14)7-11(17-12)18-5-6-18/h1-4,7H,5-6H2,(H,15,16,17). The second kappa shape index (κ2) is 4.63. The summed E-state index contributed by atoms with van der Waals surface area (Å²) in [6.07, 6.45) is 0. The maximum Gasteiger partial charge on any atom is 0.230 e. The molecule has 1 aromatic heterocycles. The van der Waals surface area contributed by atoms with Crippen LogP contribution in [0.2, 0.25) is 10.2 Å². The number of nitrogens with zero attached hydrogens (tertiary/aromatic N) is 3. The van der Waals surface area contributed by atoms with E-state index in [1.54, 1.807) is 18.2 Å². The SMILES string of the molecule is Clc1ccc(Nc2nc(Cl)cc(N3CC3)n2)cc1. The highest BCUT2D eigenvalue weighted by Gasteiger charge is 2.20. The third-order valence-electron chi connectivity index (χ3n) is 2.55. The molecule has 0 amide bonds. The van der Waals surface area contributed by atoms with Crippen molar-refractivity contribution < 1.29 is 0 Å². The van der Waals surface area contributed by atoms with Crippen LogP contribution in [0.3, 0.4) is 0 Å². The molecule has 0 spiro atoms. The summed E-state index contributed by atoms with van der Waals surface area (Å²) in [4.78, 5) is 10.7. The first-order chi connectivity index (χ1) is 8.70. The van der Waals surface area contributed by atoms with Crippen molar-refractivity contribution in [3.05, 3.63) is 40.5 Å². The van der Waals surface area contributed by atoms with Crippen molar-refractivity contribution in [2.45, 2.75) is 0 Å². The van der Waals surface area contributed by atoms with Crippen LogP contribution < -0.4 is 10.2 Å². The lowest BCUT2D eigenvalue weighted by atomic mass is 10.3. The highest BCUT2D eigenvalue weighted by Crippen LogP contribution is 2.24. The van der Waals surface area contributed by atoms with Crippen LogP contribution in [0.15, 0.2) is 30.3 Å². The Bertz CT molecular complexity index is 567. The third-order valence-corrected chi connectivity index (χ3v) is 3.00. The van der Waals surface area contributed by atoms with E-state index in [0.717, 1.165) is 24.6 Å². The zero-order chi connectivity index (χ0) is 12.5. The summed E-state index contributed by atoms with van der Waals surface area (Å²) in [7, 11) is 0. The lowest BCUT2D eigenvalue weighted by Gasteiger charge is -2.08. The molecule has 0 radical (unpaired) electrons. The molecule has 1 N–H and O–H groups in total. The van der Waals surface area contributed by atoms with Gasteiger partial charge in [-0.2, -0.15) is 4.98 Å². The fraction of sp³-hybridized carbons (Fsp3) is 0.167. The van der Waals surface area contributed by atoms with Crippen molar-refractivity contribution >= 4 is 40.7 Å². The molecule has 0 bridgehead atoms. The van der Waals surface area contributed by atoms with Gasteiger partial charge in [-0.15, -0.1) is 0 Å². The first-order valence-electron chi connectivity index (χ1n) is 5.53. The average Bonchev–Trinajstić information content (AvgIpc) is 3.15. The molecular formula is C12H10Cl2N4. The largest absolute Gasteiger partial charge is 0.353 e. The Morgan fingerprint density at radius 2 is 1.78 bits per heavy atom. The summed E-state index contributed by atoms with van der Waals surface area (Å²) in [5, 5.41) is 4.23. The van der Waals surface area contributed by atoms with Crippen molar-refractivity contribution in [3.8, 4) is 0 Å². The topological polar surface area (TPSA) is 40.8 Å². The molecule has 2 heterocycles. The molecular weight excluding hydrogens is 271 g/mol. The molecule has 92 valence electrons. The number of hydrogen-bond donors (Lipinski definition) is 1. The normalized spacial score (nSPS) is 13.6.